The van der Waals surface area contributed by atoms with E-state index in [4.69, 9.17) is 4.74 Å². The summed E-state index contributed by atoms with van der Waals surface area (Å²) in [6.45, 7) is 6.38. The lowest BCUT2D eigenvalue weighted by Crippen LogP contribution is -2.91. The highest BCUT2D eigenvalue weighted by Crippen LogP contribution is 2.47. The van der Waals surface area contributed by atoms with Gasteiger partial charge in [0, 0.05) is 29.0 Å². The molecular weight excluding hydrogens is 370 g/mol. The molecule has 1 saturated heterocycles. The van der Waals surface area contributed by atoms with Crippen LogP contribution in [-0.2, 0) is 5.60 Å². The number of benzene rings is 3. The minimum absolute atomic E-state index is 0.0122. The lowest BCUT2D eigenvalue weighted by atomic mass is 9.68. The number of para-hydroxylation sites is 1. The van der Waals surface area contributed by atoms with E-state index in [0.29, 0.717) is 6.42 Å². The summed E-state index contributed by atoms with van der Waals surface area (Å²) in [6, 6.07) is 25.6. The number of aryl methyl sites for hydroxylation is 2. The van der Waals surface area contributed by atoms with Crippen LogP contribution < -0.4 is 10.1 Å². The first kappa shape index (κ1) is 20.6. The molecule has 3 N–H and O–H groups in total. The molecule has 4 atom stereocenters. The van der Waals surface area contributed by atoms with E-state index in [9.17, 15) is 5.11 Å². The van der Waals surface area contributed by atoms with Gasteiger partial charge >= 0.3 is 0 Å². The van der Waals surface area contributed by atoms with Gasteiger partial charge in [-0.1, -0.05) is 84.8 Å². The maximum atomic E-state index is 12.2. The van der Waals surface area contributed by atoms with E-state index >= 15 is 0 Å². The lowest BCUT2D eigenvalue weighted by molar-refractivity contribution is -0.757. The van der Waals surface area contributed by atoms with Crippen molar-refractivity contribution in [1.82, 2.24) is 0 Å². The third-order valence-electron chi connectivity index (χ3n) is 6.80. The highest BCUT2D eigenvalue weighted by Gasteiger charge is 2.51. The van der Waals surface area contributed by atoms with Gasteiger partial charge in [-0.15, -0.1) is 0 Å². The standard InChI is InChI=1S/C27H31NO2/c1-18-9-13-21(14-10-18)24-17-27(29,23-7-5-6-8-25(23)30-4)20(3)26(28-24)22-15-11-19(2)12-16-22/h5-16,20,24,26,28-29H,17H2,1-4H3/p+1. The molecule has 1 fully saturated rings. The second kappa shape index (κ2) is 8.25. The second-order valence-corrected chi connectivity index (χ2v) is 8.76. The van der Waals surface area contributed by atoms with Crippen LogP contribution in [0.2, 0.25) is 0 Å². The Labute approximate surface area is 179 Å². The van der Waals surface area contributed by atoms with Crippen molar-refractivity contribution in [2.24, 2.45) is 5.92 Å². The largest absolute Gasteiger partial charge is 0.496 e. The van der Waals surface area contributed by atoms with E-state index in [1.54, 1.807) is 7.11 Å². The van der Waals surface area contributed by atoms with Crippen LogP contribution in [0.5, 0.6) is 5.75 Å². The summed E-state index contributed by atoms with van der Waals surface area (Å²) < 4.78 is 5.66. The van der Waals surface area contributed by atoms with Gasteiger partial charge in [-0.3, -0.25) is 0 Å². The summed E-state index contributed by atoms with van der Waals surface area (Å²) >= 11 is 0. The van der Waals surface area contributed by atoms with E-state index in [1.807, 2.05) is 24.3 Å². The summed E-state index contributed by atoms with van der Waals surface area (Å²) in [4.78, 5) is 0. The Bertz CT molecular complexity index is 996. The molecule has 0 aromatic heterocycles. The Morgan fingerprint density at radius 1 is 0.867 bits per heavy atom. The number of piperidine rings is 1. The molecular formula is C27H32NO2+. The van der Waals surface area contributed by atoms with Gasteiger partial charge in [0.25, 0.3) is 0 Å². The van der Waals surface area contributed by atoms with Gasteiger partial charge in [0.05, 0.1) is 7.11 Å². The summed E-state index contributed by atoms with van der Waals surface area (Å²) in [5.41, 5.74) is 4.88. The van der Waals surface area contributed by atoms with E-state index in [-0.39, 0.29) is 18.0 Å². The third kappa shape index (κ3) is 3.76. The Hall–Kier alpha value is -2.62. The topological polar surface area (TPSA) is 46.1 Å². The van der Waals surface area contributed by atoms with Gasteiger partial charge in [-0.25, -0.2) is 0 Å². The van der Waals surface area contributed by atoms with Crippen LogP contribution in [0.3, 0.4) is 0 Å². The normalized spacial score (nSPS) is 26.4. The Morgan fingerprint density at radius 3 is 2.03 bits per heavy atom. The SMILES string of the molecule is COc1ccccc1C1(O)CC(c2ccc(C)cc2)[NH2+]C(c2ccc(C)cc2)C1C. The highest BCUT2D eigenvalue weighted by atomic mass is 16.5. The average Bonchev–Trinajstić information content (AvgIpc) is 2.77. The fourth-order valence-corrected chi connectivity index (χ4v) is 4.89. The van der Waals surface area contributed by atoms with Crippen molar-refractivity contribution in [3.63, 3.8) is 0 Å². The molecule has 0 spiro atoms. The van der Waals surface area contributed by atoms with Crippen molar-refractivity contribution >= 4 is 0 Å². The number of hydrogen-bond acceptors (Lipinski definition) is 2. The quantitative estimate of drug-likeness (QED) is 0.671. The molecule has 3 nitrogen and oxygen atoms in total. The first-order valence-corrected chi connectivity index (χ1v) is 10.8. The van der Waals surface area contributed by atoms with Gasteiger partial charge in [-0.05, 0) is 19.9 Å². The van der Waals surface area contributed by atoms with Crippen LogP contribution in [0.15, 0.2) is 72.8 Å². The summed E-state index contributed by atoms with van der Waals surface area (Å²) in [6.07, 6.45) is 0.639. The zero-order chi connectivity index (χ0) is 21.3. The smallest absolute Gasteiger partial charge is 0.124 e. The Morgan fingerprint density at radius 2 is 1.43 bits per heavy atom. The summed E-state index contributed by atoms with van der Waals surface area (Å²) in [5, 5.41) is 14.6. The maximum Gasteiger partial charge on any atom is 0.124 e. The molecule has 3 heteroatoms. The minimum Gasteiger partial charge on any atom is -0.496 e. The van der Waals surface area contributed by atoms with Gasteiger partial charge < -0.3 is 15.2 Å². The van der Waals surface area contributed by atoms with Crippen molar-refractivity contribution in [3.8, 4) is 5.75 Å². The lowest BCUT2D eigenvalue weighted by Gasteiger charge is -2.45. The van der Waals surface area contributed by atoms with Crippen LogP contribution in [0.25, 0.3) is 0 Å². The molecule has 0 saturated carbocycles. The molecule has 4 rings (SSSR count). The van der Waals surface area contributed by atoms with Gasteiger partial charge in [0.15, 0.2) is 0 Å². The zero-order valence-corrected chi connectivity index (χ0v) is 18.3. The third-order valence-corrected chi connectivity index (χ3v) is 6.80. The first-order valence-electron chi connectivity index (χ1n) is 10.8. The number of hydrogen-bond donors (Lipinski definition) is 2. The number of methoxy groups -OCH3 is 1. The second-order valence-electron chi connectivity index (χ2n) is 8.76. The predicted molar refractivity (Wildman–Crippen MR) is 120 cm³/mol. The number of quaternary nitrogens is 1. The highest BCUT2D eigenvalue weighted by molar-refractivity contribution is 5.40. The van der Waals surface area contributed by atoms with Crippen LogP contribution in [0.4, 0.5) is 0 Å². The number of nitrogens with two attached hydrogens (primary N) is 1. The van der Waals surface area contributed by atoms with Crippen molar-refractivity contribution < 1.29 is 15.2 Å². The fraction of sp³-hybridized carbons (Fsp3) is 0.333. The van der Waals surface area contributed by atoms with Crippen molar-refractivity contribution in [2.75, 3.05) is 7.11 Å². The molecule has 1 heterocycles. The van der Waals surface area contributed by atoms with Crippen LogP contribution >= 0.6 is 0 Å². The molecule has 3 aromatic rings. The summed E-state index contributed by atoms with van der Waals surface area (Å²) in [5.74, 6) is 0.761. The molecule has 30 heavy (non-hydrogen) atoms. The number of aliphatic hydroxyl groups is 1. The van der Waals surface area contributed by atoms with Gasteiger partial charge in [0.1, 0.15) is 23.4 Å². The van der Waals surface area contributed by atoms with E-state index in [2.05, 4.69) is 74.6 Å². The molecule has 1 aliphatic heterocycles. The number of rotatable bonds is 4. The maximum absolute atomic E-state index is 12.2. The molecule has 1 aliphatic rings. The van der Waals surface area contributed by atoms with Crippen LogP contribution in [0.1, 0.15) is 53.2 Å². The zero-order valence-electron chi connectivity index (χ0n) is 18.3. The van der Waals surface area contributed by atoms with Crippen molar-refractivity contribution in [3.05, 3.63) is 101 Å². The van der Waals surface area contributed by atoms with Gasteiger partial charge in [0.2, 0.25) is 0 Å². The molecule has 3 aromatic carbocycles. The van der Waals surface area contributed by atoms with E-state index in [0.717, 1.165) is 11.3 Å². The molecule has 0 aliphatic carbocycles. The molecule has 0 radical (unpaired) electrons. The monoisotopic (exact) mass is 402 g/mol. The van der Waals surface area contributed by atoms with Gasteiger partial charge in [-0.2, -0.15) is 0 Å². The van der Waals surface area contributed by atoms with Crippen LogP contribution in [0, 0.1) is 19.8 Å². The van der Waals surface area contributed by atoms with Crippen molar-refractivity contribution in [1.29, 1.82) is 0 Å². The Kier molecular flexibility index (Phi) is 5.68. The molecule has 156 valence electrons. The minimum atomic E-state index is -0.994. The van der Waals surface area contributed by atoms with Crippen LogP contribution in [-0.4, -0.2) is 12.2 Å². The molecule has 4 unspecified atom stereocenters. The first-order chi connectivity index (χ1) is 14.4. The van der Waals surface area contributed by atoms with E-state index in [1.165, 1.54) is 22.3 Å². The predicted octanol–water partition coefficient (Wildman–Crippen LogP) is 4.59. The van der Waals surface area contributed by atoms with E-state index < -0.39 is 5.60 Å². The average molecular weight is 403 g/mol. The molecule has 0 bridgehead atoms. The summed E-state index contributed by atoms with van der Waals surface area (Å²) in [7, 11) is 1.68. The van der Waals surface area contributed by atoms with Crippen molar-refractivity contribution in [2.45, 2.75) is 44.9 Å². The molecule has 0 amide bonds. The fourth-order valence-electron chi connectivity index (χ4n) is 4.89. The Balaban J connectivity index is 1.81. The number of ether oxygens (including phenoxy) is 1.